The van der Waals surface area contributed by atoms with Crippen molar-refractivity contribution in [2.45, 2.75) is 32.6 Å². The van der Waals surface area contributed by atoms with E-state index in [1.807, 2.05) is 32.0 Å². The van der Waals surface area contributed by atoms with Gasteiger partial charge < -0.3 is 10.1 Å². The Bertz CT molecular complexity index is 690. The largest absolute Gasteiger partial charge is 0.495 e. The molecule has 0 aliphatic heterocycles. The van der Waals surface area contributed by atoms with Crippen LogP contribution < -0.4 is 10.1 Å². The molecule has 0 spiro atoms. The first-order valence-corrected chi connectivity index (χ1v) is 7.83. The molecule has 1 heterocycles. The van der Waals surface area contributed by atoms with Crippen LogP contribution in [0.5, 0.6) is 5.75 Å². The number of aromatic nitrogens is 1. The Hall–Kier alpha value is -1.88. The van der Waals surface area contributed by atoms with Gasteiger partial charge in [0, 0.05) is 5.92 Å². The first kappa shape index (κ1) is 14.1. The van der Waals surface area contributed by atoms with Gasteiger partial charge in [-0.15, -0.1) is 11.3 Å². The zero-order chi connectivity index (χ0) is 15.0. The van der Waals surface area contributed by atoms with Gasteiger partial charge in [-0.1, -0.05) is 6.07 Å². The third-order valence-electron chi connectivity index (χ3n) is 3.55. The van der Waals surface area contributed by atoms with Crippen molar-refractivity contribution >= 4 is 22.9 Å². The maximum absolute atomic E-state index is 12.5. The summed E-state index contributed by atoms with van der Waals surface area (Å²) >= 11 is 1.51. The molecule has 0 atom stereocenters. The number of hydrogen-bond acceptors (Lipinski definition) is 4. The van der Waals surface area contributed by atoms with Gasteiger partial charge in [-0.3, -0.25) is 4.79 Å². The smallest absolute Gasteiger partial charge is 0.267 e. The van der Waals surface area contributed by atoms with Crippen molar-refractivity contribution in [1.29, 1.82) is 0 Å². The van der Waals surface area contributed by atoms with Gasteiger partial charge >= 0.3 is 0 Å². The molecular weight excluding hydrogens is 284 g/mol. The second-order valence-electron chi connectivity index (χ2n) is 5.40. The van der Waals surface area contributed by atoms with Crippen LogP contribution >= 0.6 is 11.3 Å². The highest BCUT2D eigenvalue weighted by atomic mass is 32.1. The maximum atomic E-state index is 12.5. The molecule has 0 bridgehead atoms. The van der Waals surface area contributed by atoms with E-state index in [9.17, 15) is 4.79 Å². The van der Waals surface area contributed by atoms with E-state index in [4.69, 9.17) is 4.74 Å². The fourth-order valence-corrected chi connectivity index (χ4v) is 3.36. The van der Waals surface area contributed by atoms with Crippen LogP contribution in [0, 0.1) is 13.8 Å². The number of thiazole rings is 1. The predicted molar refractivity (Wildman–Crippen MR) is 84.5 cm³/mol. The molecule has 1 fully saturated rings. The molecule has 1 aliphatic carbocycles. The lowest BCUT2D eigenvalue weighted by atomic mass is 10.2. The number of carbonyl (C=O) groups is 1. The number of aryl methyl sites for hydroxylation is 2. The summed E-state index contributed by atoms with van der Waals surface area (Å²) in [5, 5.41) is 4.03. The van der Waals surface area contributed by atoms with Gasteiger partial charge in [0.25, 0.3) is 5.91 Å². The highest BCUT2D eigenvalue weighted by molar-refractivity contribution is 7.14. The number of nitrogens with one attached hydrogen (secondary N) is 1. The molecule has 1 amide bonds. The predicted octanol–water partition coefficient (Wildman–Crippen LogP) is 3.90. The first-order valence-electron chi connectivity index (χ1n) is 7.02. The molecule has 110 valence electrons. The summed E-state index contributed by atoms with van der Waals surface area (Å²) in [5.41, 5.74) is 2.58. The van der Waals surface area contributed by atoms with E-state index >= 15 is 0 Å². The van der Waals surface area contributed by atoms with E-state index in [-0.39, 0.29) is 5.91 Å². The Balaban J connectivity index is 1.84. The second kappa shape index (κ2) is 5.48. The molecule has 4 nitrogen and oxygen atoms in total. The van der Waals surface area contributed by atoms with Gasteiger partial charge in [0.05, 0.1) is 23.5 Å². The van der Waals surface area contributed by atoms with Crippen LogP contribution in [-0.2, 0) is 0 Å². The number of rotatable bonds is 4. The summed E-state index contributed by atoms with van der Waals surface area (Å²) in [5.74, 6) is 1.13. The molecule has 2 aromatic rings. The Labute approximate surface area is 128 Å². The van der Waals surface area contributed by atoms with Gasteiger partial charge in [0.2, 0.25) is 0 Å². The number of ether oxygens (including phenoxy) is 1. The highest BCUT2D eigenvalue weighted by Gasteiger charge is 2.29. The Kier molecular flexibility index (Phi) is 3.68. The van der Waals surface area contributed by atoms with E-state index < -0.39 is 0 Å². The van der Waals surface area contributed by atoms with E-state index in [0.29, 0.717) is 22.2 Å². The molecule has 0 saturated heterocycles. The minimum absolute atomic E-state index is 0.110. The molecule has 1 saturated carbocycles. The lowest BCUT2D eigenvalue weighted by Crippen LogP contribution is -2.12. The van der Waals surface area contributed by atoms with Crippen molar-refractivity contribution in [3.63, 3.8) is 0 Å². The molecule has 0 radical (unpaired) electrons. The van der Waals surface area contributed by atoms with Crippen molar-refractivity contribution in [3.05, 3.63) is 39.3 Å². The Morgan fingerprint density at radius 1 is 1.38 bits per heavy atom. The van der Waals surface area contributed by atoms with Crippen molar-refractivity contribution < 1.29 is 9.53 Å². The zero-order valence-electron chi connectivity index (χ0n) is 12.4. The Morgan fingerprint density at radius 2 is 2.14 bits per heavy atom. The third kappa shape index (κ3) is 2.93. The van der Waals surface area contributed by atoms with Crippen LogP contribution in [0.3, 0.4) is 0 Å². The topological polar surface area (TPSA) is 51.2 Å². The lowest BCUT2D eigenvalue weighted by molar-refractivity contribution is 0.102. The van der Waals surface area contributed by atoms with Crippen molar-refractivity contribution in [1.82, 2.24) is 4.98 Å². The summed E-state index contributed by atoms with van der Waals surface area (Å²) in [6.45, 7) is 3.88. The van der Waals surface area contributed by atoms with Crippen LogP contribution in [-0.4, -0.2) is 18.0 Å². The van der Waals surface area contributed by atoms with Gasteiger partial charge in [-0.05, 0) is 44.4 Å². The van der Waals surface area contributed by atoms with Crippen LogP contribution in [0.25, 0.3) is 0 Å². The number of carbonyl (C=O) groups excluding carboxylic acids is 1. The average molecular weight is 302 g/mol. The molecule has 1 aromatic carbocycles. The van der Waals surface area contributed by atoms with Crippen LogP contribution in [0.2, 0.25) is 0 Å². The lowest BCUT2D eigenvalue weighted by Gasteiger charge is -2.10. The summed E-state index contributed by atoms with van der Waals surface area (Å²) in [6.07, 6.45) is 2.39. The standard InChI is InChI=1S/C16H18N2O2S/c1-9-4-7-13(20-3)12(8-9)18-15(19)14-10(2)17-16(21-14)11-5-6-11/h4,7-8,11H,5-6H2,1-3H3,(H,18,19). The van der Waals surface area contributed by atoms with Gasteiger partial charge in [0.15, 0.2) is 0 Å². The summed E-state index contributed by atoms with van der Waals surface area (Å²) in [6, 6.07) is 5.73. The quantitative estimate of drug-likeness (QED) is 0.932. The number of anilines is 1. The van der Waals surface area contributed by atoms with E-state index in [2.05, 4.69) is 10.3 Å². The van der Waals surface area contributed by atoms with Gasteiger partial charge in [0.1, 0.15) is 10.6 Å². The molecule has 1 N–H and O–H groups in total. The van der Waals surface area contributed by atoms with Gasteiger partial charge in [-0.2, -0.15) is 0 Å². The molecular formula is C16H18N2O2S. The molecule has 1 aromatic heterocycles. The van der Waals surface area contributed by atoms with E-state index in [0.717, 1.165) is 16.3 Å². The number of hydrogen-bond donors (Lipinski definition) is 1. The molecule has 0 unspecified atom stereocenters. The van der Waals surface area contributed by atoms with E-state index in [1.54, 1.807) is 7.11 Å². The fraction of sp³-hybridized carbons (Fsp3) is 0.375. The minimum Gasteiger partial charge on any atom is -0.495 e. The van der Waals surface area contributed by atoms with Crippen LogP contribution in [0.1, 0.15) is 44.7 Å². The number of amides is 1. The minimum atomic E-state index is -0.110. The average Bonchev–Trinajstić information content (AvgIpc) is 3.22. The van der Waals surface area contributed by atoms with Crippen LogP contribution in [0.15, 0.2) is 18.2 Å². The van der Waals surface area contributed by atoms with Crippen molar-refractivity contribution in [2.24, 2.45) is 0 Å². The zero-order valence-corrected chi connectivity index (χ0v) is 13.2. The fourth-order valence-electron chi connectivity index (χ4n) is 2.23. The number of methoxy groups -OCH3 is 1. The summed E-state index contributed by atoms with van der Waals surface area (Å²) < 4.78 is 5.29. The third-order valence-corrected chi connectivity index (χ3v) is 4.87. The van der Waals surface area contributed by atoms with Crippen molar-refractivity contribution in [2.75, 3.05) is 12.4 Å². The highest BCUT2D eigenvalue weighted by Crippen LogP contribution is 2.42. The molecule has 3 rings (SSSR count). The summed E-state index contributed by atoms with van der Waals surface area (Å²) in [7, 11) is 1.60. The summed E-state index contributed by atoms with van der Waals surface area (Å²) in [4.78, 5) is 17.7. The van der Waals surface area contributed by atoms with E-state index in [1.165, 1.54) is 24.2 Å². The molecule has 1 aliphatic rings. The maximum Gasteiger partial charge on any atom is 0.267 e. The number of nitrogens with zero attached hydrogens (tertiary/aromatic N) is 1. The number of benzene rings is 1. The van der Waals surface area contributed by atoms with Gasteiger partial charge in [-0.25, -0.2) is 4.98 Å². The molecule has 21 heavy (non-hydrogen) atoms. The SMILES string of the molecule is COc1ccc(C)cc1NC(=O)c1sc(C2CC2)nc1C. The van der Waals surface area contributed by atoms with Crippen LogP contribution in [0.4, 0.5) is 5.69 Å². The van der Waals surface area contributed by atoms with Crippen molar-refractivity contribution in [3.8, 4) is 5.75 Å². The first-order chi connectivity index (χ1) is 10.1. The monoisotopic (exact) mass is 302 g/mol. The Morgan fingerprint density at radius 3 is 2.81 bits per heavy atom. The molecule has 5 heteroatoms. The normalized spacial score (nSPS) is 14.0. The second-order valence-corrected chi connectivity index (χ2v) is 6.43.